The van der Waals surface area contributed by atoms with Crippen LogP contribution in [0.1, 0.15) is 5.56 Å². The smallest absolute Gasteiger partial charge is 0.250 e. The van der Waals surface area contributed by atoms with Crippen molar-refractivity contribution in [1.82, 2.24) is 9.97 Å². The average Bonchev–Trinajstić information content (AvgIpc) is 2.76. The first-order chi connectivity index (χ1) is 14.5. The molecule has 4 aromatic rings. The van der Waals surface area contributed by atoms with Crippen LogP contribution in [0.25, 0.3) is 22.2 Å². The van der Waals surface area contributed by atoms with Gasteiger partial charge in [-0.25, -0.2) is 9.37 Å². The highest BCUT2D eigenvalue weighted by Gasteiger charge is 2.13. The van der Waals surface area contributed by atoms with Gasteiger partial charge < -0.3 is 15.7 Å². The molecule has 150 valence electrons. The van der Waals surface area contributed by atoms with Crippen LogP contribution in [0, 0.1) is 12.7 Å². The molecule has 4 rings (SSSR count). The number of halogens is 1. The molecule has 7 heteroatoms. The molecule has 0 unspecified atom stereocenters. The summed E-state index contributed by atoms with van der Waals surface area (Å²) >= 11 is 0. The summed E-state index contributed by atoms with van der Waals surface area (Å²) in [7, 11) is 0. The number of hydrogen-bond acceptors (Lipinski definition) is 5. The third-order valence-electron chi connectivity index (χ3n) is 4.62. The fraction of sp³-hybridized carbons (Fsp3) is 0.0870. The molecule has 0 saturated heterocycles. The average molecular weight is 402 g/mol. The monoisotopic (exact) mass is 402 g/mol. The van der Waals surface area contributed by atoms with Gasteiger partial charge in [0, 0.05) is 17.1 Å². The van der Waals surface area contributed by atoms with Crippen molar-refractivity contribution >= 4 is 33.9 Å². The molecule has 0 aliphatic carbocycles. The molecule has 0 aliphatic rings. The Hall–Kier alpha value is -3.84. The van der Waals surface area contributed by atoms with Crippen LogP contribution in [0.2, 0.25) is 0 Å². The van der Waals surface area contributed by atoms with Crippen LogP contribution < -0.4 is 10.6 Å². The van der Waals surface area contributed by atoms with Crippen LogP contribution in [0.4, 0.5) is 21.5 Å². The molecule has 6 nitrogen and oxygen atoms in total. The van der Waals surface area contributed by atoms with Gasteiger partial charge >= 0.3 is 0 Å². The fourth-order valence-corrected chi connectivity index (χ4v) is 3.19. The number of aliphatic hydroxyl groups excluding tert-OH is 1. The first-order valence-electron chi connectivity index (χ1n) is 9.33. The maximum Gasteiger partial charge on any atom is 0.250 e. The lowest BCUT2D eigenvalue weighted by Gasteiger charge is -2.15. The molecule has 2 aromatic heterocycles. The third-order valence-corrected chi connectivity index (χ3v) is 4.62. The second kappa shape index (κ2) is 8.26. The lowest BCUT2D eigenvalue weighted by molar-refractivity contribution is -0.118. The number of aromatic nitrogens is 2. The summed E-state index contributed by atoms with van der Waals surface area (Å²) in [6, 6.07) is 15.9. The zero-order valence-electron chi connectivity index (χ0n) is 16.2. The Morgan fingerprint density at radius 2 is 1.90 bits per heavy atom. The number of pyridine rings is 2. The lowest BCUT2D eigenvalue weighted by Crippen LogP contribution is -2.16. The molecule has 2 heterocycles. The predicted octanol–water partition coefficient (Wildman–Crippen LogP) is 4.42. The summed E-state index contributed by atoms with van der Waals surface area (Å²) < 4.78 is 14.5. The molecule has 0 radical (unpaired) electrons. The Morgan fingerprint density at radius 3 is 2.73 bits per heavy atom. The van der Waals surface area contributed by atoms with Gasteiger partial charge in [0.1, 0.15) is 12.4 Å². The van der Waals surface area contributed by atoms with Crippen molar-refractivity contribution in [3.05, 3.63) is 78.4 Å². The molecule has 0 spiro atoms. The largest absolute Gasteiger partial charge is 0.387 e. The number of anilines is 3. The normalized spacial score (nSPS) is 10.8. The number of benzene rings is 2. The van der Waals surface area contributed by atoms with E-state index in [0.29, 0.717) is 33.8 Å². The van der Waals surface area contributed by atoms with E-state index in [4.69, 9.17) is 5.11 Å². The number of nitrogens with zero attached hydrogens (tertiary/aromatic N) is 2. The van der Waals surface area contributed by atoms with Gasteiger partial charge in [0.25, 0.3) is 0 Å². The van der Waals surface area contributed by atoms with Crippen molar-refractivity contribution in [3.8, 4) is 11.3 Å². The highest BCUT2D eigenvalue weighted by atomic mass is 19.1. The number of aryl methyl sites for hydroxylation is 1. The molecule has 0 aliphatic heterocycles. The van der Waals surface area contributed by atoms with Gasteiger partial charge in [-0.3, -0.25) is 9.78 Å². The van der Waals surface area contributed by atoms with Crippen molar-refractivity contribution in [1.29, 1.82) is 0 Å². The van der Waals surface area contributed by atoms with E-state index in [9.17, 15) is 9.18 Å². The summed E-state index contributed by atoms with van der Waals surface area (Å²) in [6.07, 6.45) is 3.07. The highest BCUT2D eigenvalue weighted by molar-refractivity contribution is 5.99. The standard InChI is InChI=1S/C23H19FN4O2/c1-14-6-7-17(24)16(10-14)21-11-20(15-4-2-3-5-18(15)26-21)27-19-8-9-25-12-22(19)28-23(30)13-29/h2-12,29H,13H2,1H3,(H,28,30)(H,25,26,27). The predicted molar refractivity (Wildman–Crippen MR) is 115 cm³/mol. The zero-order chi connectivity index (χ0) is 21.1. The SMILES string of the molecule is Cc1ccc(F)c(-c2cc(Nc3ccncc3NC(=O)CO)c3ccccc3n2)c1. The van der Waals surface area contributed by atoms with Crippen LogP contribution in [-0.4, -0.2) is 27.6 Å². The highest BCUT2D eigenvalue weighted by Crippen LogP contribution is 2.33. The molecule has 1 amide bonds. The number of carbonyl (C=O) groups excluding carboxylic acids is 1. The number of aliphatic hydroxyl groups is 1. The maximum absolute atomic E-state index is 14.5. The van der Waals surface area contributed by atoms with Crippen LogP contribution in [0.15, 0.2) is 67.0 Å². The van der Waals surface area contributed by atoms with E-state index >= 15 is 0 Å². The topological polar surface area (TPSA) is 87.1 Å². The minimum atomic E-state index is -0.636. The van der Waals surface area contributed by atoms with Gasteiger partial charge in [-0.1, -0.05) is 29.8 Å². The Balaban J connectivity index is 1.84. The summed E-state index contributed by atoms with van der Waals surface area (Å²) in [6.45, 7) is 1.26. The minimum Gasteiger partial charge on any atom is -0.387 e. The fourth-order valence-electron chi connectivity index (χ4n) is 3.19. The van der Waals surface area contributed by atoms with E-state index in [2.05, 4.69) is 20.6 Å². The van der Waals surface area contributed by atoms with Crippen molar-refractivity contribution in [2.24, 2.45) is 0 Å². The van der Waals surface area contributed by atoms with Crippen LogP contribution >= 0.6 is 0 Å². The number of amides is 1. The van der Waals surface area contributed by atoms with Gasteiger partial charge in [-0.15, -0.1) is 0 Å². The second-order valence-corrected chi connectivity index (χ2v) is 6.81. The summed E-state index contributed by atoms with van der Waals surface area (Å²) in [5, 5.41) is 15.8. The number of nitrogens with one attached hydrogen (secondary N) is 2. The lowest BCUT2D eigenvalue weighted by atomic mass is 10.0. The number of fused-ring (bicyclic) bond motifs is 1. The van der Waals surface area contributed by atoms with E-state index in [1.54, 1.807) is 30.5 Å². The van der Waals surface area contributed by atoms with Gasteiger partial charge in [0.05, 0.1) is 34.5 Å². The molecule has 0 bridgehead atoms. The van der Waals surface area contributed by atoms with E-state index in [1.807, 2.05) is 31.2 Å². The number of hydrogen-bond donors (Lipinski definition) is 3. The van der Waals surface area contributed by atoms with Gasteiger partial charge in [-0.2, -0.15) is 0 Å². The molecule has 3 N–H and O–H groups in total. The molecular weight excluding hydrogens is 383 g/mol. The van der Waals surface area contributed by atoms with Crippen LogP contribution in [0.5, 0.6) is 0 Å². The van der Waals surface area contributed by atoms with Gasteiger partial charge in [0.15, 0.2) is 0 Å². The van der Waals surface area contributed by atoms with Gasteiger partial charge in [-0.05, 0) is 37.3 Å². The molecule has 0 atom stereocenters. The van der Waals surface area contributed by atoms with E-state index in [1.165, 1.54) is 12.3 Å². The van der Waals surface area contributed by atoms with E-state index in [0.717, 1.165) is 10.9 Å². The Morgan fingerprint density at radius 1 is 1.07 bits per heavy atom. The molecule has 0 saturated carbocycles. The van der Waals surface area contributed by atoms with Crippen molar-refractivity contribution in [2.75, 3.05) is 17.2 Å². The second-order valence-electron chi connectivity index (χ2n) is 6.81. The minimum absolute atomic E-state index is 0.353. The first-order valence-corrected chi connectivity index (χ1v) is 9.33. The van der Waals surface area contributed by atoms with Crippen molar-refractivity contribution in [2.45, 2.75) is 6.92 Å². The Kier molecular flexibility index (Phi) is 5.36. The Labute approximate surface area is 172 Å². The first kappa shape index (κ1) is 19.5. The van der Waals surface area contributed by atoms with E-state index in [-0.39, 0.29) is 5.82 Å². The summed E-state index contributed by atoms with van der Waals surface area (Å²) in [5.74, 6) is -0.901. The quantitative estimate of drug-likeness (QED) is 0.460. The Bertz CT molecular complexity index is 1240. The number of carbonyl (C=O) groups is 1. The molecule has 2 aromatic carbocycles. The van der Waals surface area contributed by atoms with Crippen molar-refractivity contribution in [3.63, 3.8) is 0 Å². The van der Waals surface area contributed by atoms with Crippen LogP contribution in [0.3, 0.4) is 0 Å². The molecular formula is C23H19FN4O2. The van der Waals surface area contributed by atoms with E-state index < -0.39 is 12.5 Å². The number of rotatable bonds is 5. The zero-order valence-corrected chi connectivity index (χ0v) is 16.2. The molecule has 30 heavy (non-hydrogen) atoms. The summed E-state index contributed by atoms with van der Waals surface area (Å²) in [5.41, 5.74) is 4.23. The number of para-hydroxylation sites is 1. The van der Waals surface area contributed by atoms with Gasteiger partial charge in [0.2, 0.25) is 5.91 Å². The molecule has 0 fully saturated rings. The summed E-state index contributed by atoms with van der Waals surface area (Å²) in [4.78, 5) is 20.3. The van der Waals surface area contributed by atoms with Crippen molar-refractivity contribution < 1.29 is 14.3 Å². The van der Waals surface area contributed by atoms with Crippen LogP contribution in [-0.2, 0) is 4.79 Å². The maximum atomic E-state index is 14.5. The third kappa shape index (κ3) is 3.97.